The van der Waals surface area contributed by atoms with Gasteiger partial charge in [0.2, 0.25) is 5.91 Å². The Morgan fingerprint density at radius 1 is 1.13 bits per heavy atom. The van der Waals surface area contributed by atoms with Gasteiger partial charge < -0.3 is 20.1 Å². The lowest BCUT2D eigenvalue weighted by Gasteiger charge is -2.35. The van der Waals surface area contributed by atoms with Gasteiger partial charge in [0, 0.05) is 25.1 Å². The van der Waals surface area contributed by atoms with Crippen LogP contribution in [0.25, 0.3) is 16.4 Å². The first-order valence-corrected chi connectivity index (χ1v) is 15.6. The van der Waals surface area contributed by atoms with Crippen molar-refractivity contribution in [2.45, 2.75) is 44.9 Å². The van der Waals surface area contributed by atoms with Gasteiger partial charge in [0.25, 0.3) is 0 Å². The van der Waals surface area contributed by atoms with Gasteiger partial charge in [-0.25, -0.2) is 14.5 Å². The maximum atomic E-state index is 13.8. The molecule has 3 aromatic heterocycles. The van der Waals surface area contributed by atoms with Crippen molar-refractivity contribution in [3.8, 4) is 22.1 Å². The predicted octanol–water partition coefficient (Wildman–Crippen LogP) is 5.92. The Kier molecular flexibility index (Phi) is 8.65. The van der Waals surface area contributed by atoms with Gasteiger partial charge >= 0.3 is 12.1 Å². The van der Waals surface area contributed by atoms with Crippen LogP contribution in [-0.4, -0.2) is 62.8 Å². The van der Waals surface area contributed by atoms with Crippen molar-refractivity contribution in [2.24, 2.45) is 5.92 Å². The lowest BCUT2D eigenvalue weighted by molar-refractivity contribution is -0.143. The third kappa shape index (κ3) is 6.59. The van der Waals surface area contributed by atoms with Crippen LogP contribution in [-0.2, 0) is 17.6 Å². The normalized spacial score (nSPS) is 16.0. The summed E-state index contributed by atoms with van der Waals surface area (Å²) < 4.78 is 48.0. The Morgan fingerprint density at radius 3 is 2.58 bits per heavy atom. The molecule has 5 heterocycles. The number of ether oxygens (including phenoxy) is 1. The number of alkyl halides is 3. The maximum Gasteiger partial charge on any atom is 0.434 e. The van der Waals surface area contributed by atoms with Gasteiger partial charge in [0.15, 0.2) is 11.5 Å². The number of aromatic carboxylic acids is 1. The fourth-order valence-electron chi connectivity index (χ4n) is 5.87. The largest absolute Gasteiger partial charge is 0.489 e. The molecular formula is C32H32F3N5O4S. The number of amides is 1. The number of benzene rings is 1. The zero-order chi connectivity index (χ0) is 31.7. The molecule has 2 aliphatic heterocycles. The van der Waals surface area contributed by atoms with E-state index in [1.54, 1.807) is 12.1 Å². The maximum absolute atomic E-state index is 13.8. The molecule has 1 amide bonds. The molecule has 236 valence electrons. The molecule has 0 bridgehead atoms. The van der Waals surface area contributed by atoms with Gasteiger partial charge in [-0.3, -0.25) is 4.79 Å². The number of nitrogens with one attached hydrogen (secondary N) is 1. The van der Waals surface area contributed by atoms with Gasteiger partial charge in [0.1, 0.15) is 17.9 Å². The van der Waals surface area contributed by atoms with Gasteiger partial charge in [-0.2, -0.15) is 18.3 Å². The molecule has 4 aromatic rings. The highest BCUT2D eigenvalue weighted by Gasteiger charge is 2.41. The Hall–Kier alpha value is -4.23. The number of nitrogens with zero attached hydrogens (tertiary/aromatic N) is 4. The molecule has 2 aliphatic rings. The first-order chi connectivity index (χ1) is 21.6. The van der Waals surface area contributed by atoms with Crippen LogP contribution in [0.15, 0.2) is 54.0 Å². The van der Waals surface area contributed by atoms with E-state index in [9.17, 15) is 27.9 Å². The van der Waals surface area contributed by atoms with E-state index in [1.165, 1.54) is 23.0 Å². The van der Waals surface area contributed by atoms with Crippen molar-refractivity contribution in [1.29, 1.82) is 0 Å². The minimum atomic E-state index is -4.94. The van der Waals surface area contributed by atoms with E-state index in [4.69, 9.17) is 4.74 Å². The van der Waals surface area contributed by atoms with Crippen molar-refractivity contribution < 1.29 is 32.6 Å². The van der Waals surface area contributed by atoms with E-state index in [1.807, 2.05) is 29.3 Å². The molecular weight excluding hydrogens is 607 g/mol. The summed E-state index contributed by atoms with van der Waals surface area (Å²) >= 11 is 1.38. The highest BCUT2D eigenvalue weighted by molar-refractivity contribution is 7.13. The molecule has 2 N–H and O–H groups in total. The number of carbonyl (C=O) groups is 2. The molecule has 1 aromatic carbocycles. The number of hydrogen-bond donors (Lipinski definition) is 2. The third-order valence-corrected chi connectivity index (χ3v) is 9.41. The number of carboxylic acid groups (broad SMARTS) is 1. The minimum Gasteiger partial charge on any atom is -0.489 e. The summed E-state index contributed by atoms with van der Waals surface area (Å²) in [6.07, 6.45) is -1.77. The second-order valence-corrected chi connectivity index (χ2v) is 12.4. The summed E-state index contributed by atoms with van der Waals surface area (Å²) in [6, 6.07) is 12.7. The summed E-state index contributed by atoms with van der Waals surface area (Å²) in [7, 11) is 0. The molecule has 2 fully saturated rings. The summed E-state index contributed by atoms with van der Waals surface area (Å²) in [5, 5.41) is 18.0. The minimum absolute atomic E-state index is 0.148. The van der Waals surface area contributed by atoms with E-state index in [0.29, 0.717) is 34.8 Å². The number of piperidine rings is 1. The van der Waals surface area contributed by atoms with Crippen molar-refractivity contribution in [1.82, 2.24) is 25.0 Å². The van der Waals surface area contributed by atoms with Gasteiger partial charge in [0.05, 0.1) is 16.8 Å². The number of hydrogen-bond acceptors (Lipinski definition) is 7. The topological polar surface area (TPSA) is 110 Å². The average molecular weight is 640 g/mol. The Bertz CT molecular complexity index is 1710. The Morgan fingerprint density at radius 2 is 1.91 bits per heavy atom. The molecule has 0 radical (unpaired) electrons. The number of pyridine rings is 1. The molecule has 13 heteroatoms. The smallest absolute Gasteiger partial charge is 0.434 e. The van der Waals surface area contributed by atoms with Gasteiger partial charge in [-0.1, -0.05) is 18.2 Å². The van der Waals surface area contributed by atoms with Crippen LogP contribution in [0.3, 0.4) is 0 Å². The van der Waals surface area contributed by atoms with E-state index in [0.717, 1.165) is 60.8 Å². The third-order valence-electron chi connectivity index (χ3n) is 8.43. The van der Waals surface area contributed by atoms with Crippen molar-refractivity contribution in [2.75, 3.05) is 26.2 Å². The number of thiophene rings is 1. The molecule has 2 saturated heterocycles. The molecule has 0 aliphatic carbocycles. The van der Waals surface area contributed by atoms with Crippen LogP contribution in [0, 0.1) is 12.8 Å². The van der Waals surface area contributed by atoms with Crippen LogP contribution in [0.1, 0.15) is 57.9 Å². The molecule has 6 rings (SSSR count). The van der Waals surface area contributed by atoms with E-state index in [-0.39, 0.29) is 18.3 Å². The Labute approximate surface area is 261 Å². The Balaban J connectivity index is 1.12. The fourth-order valence-corrected chi connectivity index (χ4v) is 6.75. The summed E-state index contributed by atoms with van der Waals surface area (Å²) in [4.78, 5) is 31.1. The second-order valence-electron chi connectivity index (χ2n) is 11.5. The highest BCUT2D eigenvalue weighted by atomic mass is 32.1. The second kappa shape index (κ2) is 12.6. The molecule has 0 spiro atoms. The zero-order valence-electron chi connectivity index (χ0n) is 24.5. The molecule has 0 atom stereocenters. The highest BCUT2D eigenvalue weighted by Crippen LogP contribution is 2.36. The number of carbonyl (C=O) groups excluding carboxylic acids is 1. The lowest BCUT2D eigenvalue weighted by atomic mass is 9.88. The van der Waals surface area contributed by atoms with Crippen LogP contribution in [0.5, 0.6) is 5.75 Å². The number of likely N-dealkylation sites (tertiary alicyclic amines) is 1. The lowest BCUT2D eigenvalue weighted by Crippen LogP contribution is -2.46. The van der Waals surface area contributed by atoms with Gasteiger partial charge in [-0.05, 0) is 85.5 Å². The van der Waals surface area contributed by atoms with E-state index in [2.05, 4.69) is 27.5 Å². The van der Waals surface area contributed by atoms with Crippen molar-refractivity contribution in [3.05, 3.63) is 82.0 Å². The number of aromatic nitrogens is 3. The molecule has 9 nitrogen and oxygen atoms in total. The van der Waals surface area contributed by atoms with Crippen LogP contribution >= 0.6 is 11.3 Å². The summed E-state index contributed by atoms with van der Waals surface area (Å²) in [6.45, 7) is 5.63. The quantitative estimate of drug-likeness (QED) is 0.234. The monoisotopic (exact) mass is 639 g/mol. The summed E-state index contributed by atoms with van der Waals surface area (Å²) in [5.41, 5.74) is 1.12. The molecule has 0 unspecified atom stereocenters. The standard InChI is InChI=1S/C32H32F3N5O4S/c1-19-13-22(21-7-10-39(11-8-21)28(41)14-20-15-36-16-20)5-6-26(19)44-18-23-9-12-45-29(23)25-3-2-4-27(38-25)40-30(32(33,34)35)24(17-37-40)31(42)43/h2-6,9,12-13,17,20-21,36H,7-8,10-11,14-16,18H2,1H3,(H,42,43). The average Bonchev–Trinajstić information content (AvgIpc) is 3.67. The van der Waals surface area contributed by atoms with E-state index < -0.39 is 23.4 Å². The fraction of sp³-hybridized carbons (Fsp3) is 0.375. The molecule has 0 saturated carbocycles. The van der Waals surface area contributed by atoms with Gasteiger partial charge in [-0.15, -0.1) is 11.3 Å². The molecule has 45 heavy (non-hydrogen) atoms. The number of carboxylic acids is 1. The zero-order valence-corrected chi connectivity index (χ0v) is 25.3. The van der Waals surface area contributed by atoms with Crippen molar-refractivity contribution in [3.63, 3.8) is 0 Å². The van der Waals surface area contributed by atoms with Crippen molar-refractivity contribution >= 4 is 23.2 Å². The van der Waals surface area contributed by atoms with Crippen LogP contribution < -0.4 is 10.1 Å². The number of rotatable bonds is 9. The predicted molar refractivity (Wildman–Crippen MR) is 162 cm³/mol. The van der Waals surface area contributed by atoms with E-state index >= 15 is 0 Å². The first-order valence-electron chi connectivity index (χ1n) is 14.7. The summed E-state index contributed by atoms with van der Waals surface area (Å²) in [5.74, 6) is -0.0286. The number of halogens is 3. The van der Waals surface area contributed by atoms with Crippen LogP contribution in [0.2, 0.25) is 0 Å². The SMILES string of the molecule is Cc1cc(C2CCN(C(=O)CC3CNC3)CC2)ccc1OCc1ccsc1-c1cccc(-n2ncc(C(=O)O)c2C(F)(F)F)n1. The first kappa shape index (κ1) is 30.8. The number of aryl methyl sites for hydroxylation is 1. The van der Waals surface area contributed by atoms with Crippen LogP contribution in [0.4, 0.5) is 13.2 Å².